The Labute approximate surface area is 111 Å². The third kappa shape index (κ3) is 5.19. The van der Waals surface area contributed by atoms with E-state index in [9.17, 15) is 4.79 Å². The molecule has 0 unspecified atom stereocenters. The van der Waals surface area contributed by atoms with Crippen LogP contribution in [0.3, 0.4) is 0 Å². The van der Waals surface area contributed by atoms with E-state index in [4.69, 9.17) is 21.5 Å². The van der Waals surface area contributed by atoms with Gasteiger partial charge in [0, 0.05) is 17.5 Å². The lowest BCUT2D eigenvalue weighted by molar-refractivity contribution is -0.123. The highest BCUT2D eigenvalue weighted by Crippen LogP contribution is 2.28. The van der Waals surface area contributed by atoms with Crippen molar-refractivity contribution in [2.24, 2.45) is 5.92 Å². The second-order valence-corrected chi connectivity index (χ2v) is 4.42. The average Bonchev–Trinajstić information content (AvgIpc) is 3.16. The Hall–Kier alpha value is -1.55. The number of hydrogen-bond acceptors (Lipinski definition) is 2. The summed E-state index contributed by atoms with van der Waals surface area (Å²) in [6.07, 6.45) is 2.91. The SMILES string of the molecule is O=C(NCCc1ccccc1Cl)C1CC1.O=CO. The van der Waals surface area contributed by atoms with Crippen LogP contribution in [0.4, 0.5) is 0 Å². The second kappa shape index (κ2) is 7.71. The smallest absolute Gasteiger partial charge is 0.290 e. The predicted molar refractivity (Wildman–Crippen MR) is 69.6 cm³/mol. The van der Waals surface area contributed by atoms with Gasteiger partial charge in [-0.25, -0.2) is 0 Å². The van der Waals surface area contributed by atoms with Crippen LogP contribution in [0, 0.1) is 5.92 Å². The van der Waals surface area contributed by atoms with Crippen molar-refractivity contribution >= 4 is 24.0 Å². The Bertz CT molecular complexity index is 405. The van der Waals surface area contributed by atoms with Crippen LogP contribution >= 0.6 is 11.6 Å². The van der Waals surface area contributed by atoms with Crippen molar-refractivity contribution < 1.29 is 14.7 Å². The largest absolute Gasteiger partial charge is 0.483 e. The molecule has 1 saturated carbocycles. The third-order valence-electron chi connectivity index (χ3n) is 2.60. The average molecular weight is 270 g/mol. The molecule has 0 aliphatic heterocycles. The van der Waals surface area contributed by atoms with Gasteiger partial charge in [-0.1, -0.05) is 29.8 Å². The summed E-state index contributed by atoms with van der Waals surface area (Å²) in [5.74, 6) is 0.485. The van der Waals surface area contributed by atoms with Crippen molar-refractivity contribution in [1.82, 2.24) is 5.32 Å². The highest BCUT2D eigenvalue weighted by Gasteiger charge is 2.28. The monoisotopic (exact) mass is 269 g/mol. The van der Waals surface area contributed by atoms with Gasteiger partial charge in [0.15, 0.2) is 0 Å². The van der Waals surface area contributed by atoms with Gasteiger partial charge in [0.2, 0.25) is 5.91 Å². The molecule has 0 radical (unpaired) electrons. The molecule has 0 bridgehead atoms. The van der Waals surface area contributed by atoms with Gasteiger partial charge in [0.1, 0.15) is 0 Å². The van der Waals surface area contributed by atoms with Gasteiger partial charge in [-0.2, -0.15) is 0 Å². The maximum absolute atomic E-state index is 11.3. The minimum atomic E-state index is -0.250. The molecular weight excluding hydrogens is 254 g/mol. The number of amides is 1. The first-order chi connectivity index (χ1) is 8.69. The van der Waals surface area contributed by atoms with Crippen LogP contribution in [0.2, 0.25) is 5.02 Å². The zero-order chi connectivity index (χ0) is 13.4. The summed E-state index contributed by atoms with van der Waals surface area (Å²) in [7, 11) is 0. The minimum Gasteiger partial charge on any atom is -0.483 e. The Morgan fingerprint density at radius 3 is 2.61 bits per heavy atom. The first-order valence-electron chi connectivity index (χ1n) is 5.78. The van der Waals surface area contributed by atoms with Crippen LogP contribution in [0.1, 0.15) is 18.4 Å². The van der Waals surface area contributed by atoms with Gasteiger partial charge in [-0.15, -0.1) is 0 Å². The molecule has 1 aliphatic carbocycles. The Balaban J connectivity index is 0.000000492. The van der Waals surface area contributed by atoms with Crippen molar-refractivity contribution in [1.29, 1.82) is 0 Å². The number of rotatable bonds is 4. The number of carbonyl (C=O) groups is 2. The molecule has 2 rings (SSSR count). The highest BCUT2D eigenvalue weighted by atomic mass is 35.5. The van der Waals surface area contributed by atoms with Crippen molar-refractivity contribution in [2.75, 3.05) is 6.54 Å². The lowest BCUT2D eigenvalue weighted by atomic mass is 10.1. The molecule has 0 atom stereocenters. The van der Waals surface area contributed by atoms with E-state index >= 15 is 0 Å². The van der Waals surface area contributed by atoms with Gasteiger partial charge in [-0.05, 0) is 30.9 Å². The van der Waals surface area contributed by atoms with Crippen LogP contribution in [0.25, 0.3) is 0 Å². The van der Waals surface area contributed by atoms with Crippen molar-refractivity contribution in [3.05, 3.63) is 34.9 Å². The lowest BCUT2D eigenvalue weighted by Crippen LogP contribution is -2.26. The highest BCUT2D eigenvalue weighted by molar-refractivity contribution is 6.31. The number of nitrogens with one attached hydrogen (secondary N) is 1. The molecule has 1 amide bonds. The summed E-state index contributed by atoms with van der Waals surface area (Å²) in [6.45, 7) is 0.430. The van der Waals surface area contributed by atoms with Crippen molar-refractivity contribution in [2.45, 2.75) is 19.3 Å². The molecule has 5 heteroatoms. The van der Waals surface area contributed by atoms with Crippen LogP contribution < -0.4 is 5.32 Å². The number of carbonyl (C=O) groups excluding carboxylic acids is 1. The van der Waals surface area contributed by atoms with Crippen LogP contribution in [0.15, 0.2) is 24.3 Å². The molecule has 0 aromatic heterocycles. The van der Waals surface area contributed by atoms with Gasteiger partial charge in [0.05, 0.1) is 0 Å². The standard InChI is InChI=1S/C12H14ClNO.CH2O2/c13-11-4-2-1-3-9(11)7-8-14-12(15)10-5-6-10;2-1-3/h1-4,10H,5-8H2,(H,14,15);1H,(H,2,3). The first kappa shape index (κ1) is 14.5. The van der Waals surface area contributed by atoms with Crippen LogP contribution in [-0.4, -0.2) is 24.0 Å². The third-order valence-corrected chi connectivity index (χ3v) is 2.97. The van der Waals surface area contributed by atoms with E-state index in [0.29, 0.717) is 6.54 Å². The topological polar surface area (TPSA) is 66.4 Å². The van der Waals surface area contributed by atoms with Crippen LogP contribution in [-0.2, 0) is 16.0 Å². The number of halogens is 1. The van der Waals surface area contributed by atoms with E-state index in [2.05, 4.69) is 5.32 Å². The van der Waals surface area contributed by atoms with E-state index in [1.807, 2.05) is 24.3 Å². The first-order valence-corrected chi connectivity index (χ1v) is 6.15. The van der Waals surface area contributed by atoms with Gasteiger partial charge < -0.3 is 10.4 Å². The second-order valence-electron chi connectivity index (χ2n) is 4.01. The Morgan fingerprint density at radius 1 is 1.44 bits per heavy atom. The molecule has 0 spiro atoms. The van der Waals surface area contributed by atoms with Gasteiger partial charge >= 0.3 is 0 Å². The summed E-state index contributed by atoms with van der Waals surface area (Å²) in [4.78, 5) is 19.7. The Morgan fingerprint density at radius 2 is 2.06 bits per heavy atom. The quantitative estimate of drug-likeness (QED) is 0.823. The van der Waals surface area contributed by atoms with Gasteiger partial charge in [0.25, 0.3) is 6.47 Å². The number of carboxylic acid groups (broad SMARTS) is 1. The molecule has 18 heavy (non-hydrogen) atoms. The lowest BCUT2D eigenvalue weighted by Gasteiger charge is -2.05. The molecule has 4 nitrogen and oxygen atoms in total. The molecule has 2 N–H and O–H groups in total. The number of hydrogen-bond donors (Lipinski definition) is 2. The van der Waals surface area contributed by atoms with Crippen molar-refractivity contribution in [3.63, 3.8) is 0 Å². The summed E-state index contributed by atoms with van der Waals surface area (Å²) < 4.78 is 0. The van der Waals surface area contributed by atoms with E-state index in [1.54, 1.807) is 0 Å². The zero-order valence-corrected chi connectivity index (χ0v) is 10.7. The molecule has 98 valence electrons. The van der Waals surface area contributed by atoms with E-state index < -0.39 is 0 Å². The minimum absolute atomic E-state index is 0.196. The fourth-order valence-electron chi connectivity index (χ4n) is 1.51. The summed E-state index contributed by atoms with van der Waals surface area (Å²) >= 11 is 6.00. The van der Waals surface area contributed by atoms with E-state index in [0.717, 1.165) is 29.8 Å². The molecular formula is C13H16ClNO3. The van der Waals surface area contributed by atoms with E-state index in [1.165, 1.54) is 0 Å². The number of benzene rings is 1. The maximum atomic E-state index is 11.3. The predicted octanol–water partition coefficient (Wildman–Crippen LogP) is 2.11. The fraction of sp³-hybridized carbons (Fsp3) is 0.385. The molecule has 0 heterocycles. The molecule has 1 aromatic rings. The van der Waals surface area contributed by atoms with Crippen molar-refractivity contribution in [3.8, 4) is 0 Å². The molecule has 1 fully saturated rings. The molecule has 0 saturated heterocycles. The normalized spacial score (nSPS) is 13.2. The zero-order valence-electron chi connectivity index (χ0n) is 9.93. The Kier molecular flexibility index (Phi) is 6.22. The maximum Gasteiger partial charge on any atom is 0.290 e. The van der Waals surface area contributed by atoms with Crippen LogP contribution in [0.5, 0.6) is 0 Å². The molecule has 1 aliphatic rings. The summed E-state index contributed by atoms with van der Waals surface area (Å²) in [6, 6.07) is 7.74. The fourth-order valence-corrected chi connectivity index (χ4v) is 1.74. The van der Waals surface area contributed by atoms with E-state index in [-0.39, 0.29) is 18.3 Å². The summed E-state index contributed by atoms with van der Waals surface area (Å²) in [5, 5.41) is 10.6. The van der Waals surface area contributed by atoms with Gasteiger partial charge in [-0.3, -0.25) is 9.59 Å². The molecule has 1 aromatic carbocycles. The summed E-state index contributed by atoms with van der Waals surface area (Å²) in [5.41, 5.74) is 1.09.